The van der Waals surface area contributed by atoms with Gasteiger partial charge in [0.2, 0.25) is 5.91 Å². The minimum atomic E-state index is 0.00247. The van der Waals surface area contributed by atoms with Gasteiger partial charge >= 0.3 is 0 Å². The maximum atomic E-state index is 10.6. The van der Waals surface area contributed by atoms with Crippen LogP contribution in [0.5, 0.6) is 0 Å². The van der Waals surface area contributed by atoms with Crippen LogP contribution in [0.1, 0.15) is 20.8 Å². The van der Waals surface area contributed by atoms with Gasteiger partial charge in [0.05, 0.1) is 13.2 Å². The lowest BCUT2D eigenvalue weighted by atomic mass is 10.3. The molecule has 0 aliphatic carbocycles. The van der Waals surface area contributed by atoms with Gasteiger partial charge in [-0.2, -0.15) is 0 Å². The van der Waals surface area contributed by atoms with E-state index < -0.39 is 0 Å². The van der Waals surface area contributed by atoms with Crippen molar-refractivity contribution < 1.29 is 9.53 Å². The van der Waals surface area contributed by atoms with Crippen molar-refractivity contribution in [1.82, 2.24) is 15.1 Å². The average Bonchev–Trinajstić information content (AvgIpc) is 2.38. The first-order valence-corrected chi connectivity index (χ1v) is 6.91. The van der Waals surface area contributed by atoms with E-state index in [1.54, 1.807) is 0 Å². The van der Waals surface area contributed by atoms with Gasteiger partial charge in [0.15, 0.2) is 0 Å². The van der Waals surface area contributed by atoms with Crippen molar-refractivity contribution in [2.75, 3.05) is 59.5 Å². The minimum absolute atomic E-state index is 0.00247. The van der Waals surface area contributed by atoms with Crippen molar-refractivity contribution in [2.24, 2.45) is 0 Å². The summed E-state index contributed by atoms with van der Waals surface area (Å²) in [5.41, 5.74) is 0. The smallest absolute Gasteiger partial charge is 0.216 e. The van der Waals surface area contributed by atoms with Gasteiger partial charge in [-0.25, -0.2) is 0 Å². The maximum absolute atomic E-state index is 10.6. The Balaban J connectivity index is 0.00000137. The van der Waals surface area contributed by atoms with E-state index in [0.717, 1.165) is 39.3 Å². The fourth-order valence-electron chi connectivity index (χ4n) is 1.67. The zero-order valence-corrected chi connectivity index (χ0v) is 12.4. The van der Waals surface area contributed by atoms with Gasteiger partial charge in [-0.05, 0) is 7.05 Å². The Bertz CT molecular complexity index is 204. The number of carbonyl (C=O) groups is 1. The Labute approximate surface area is 111 Å². The van der Waals surface area contributed by atoms with Gasteiger partial charge in [-0.3, -0.25) is 9.69 Å². The fourth-order valence-corrected chi connectivity index (χ4v) is 1.67. The third-order valence-electron chi connectivity index (χ3n) is 2.77. The quantitative estimate of drug-likeness (QED) is 0.702. The van der Waals surface area contributed by atoms with Gasteiger partial charge in [0.1, 0.15) is 0 Å². The van der Waals surface area contributed by atoms with Crippen LogP contribution in [0.25, 0.3) is 0 Å². The zero-order chi connectivity index (χ0) is 13.8. The van der Waals surface area contributed by atoms with Crippen LogP contribution in [-0.2, 0) is 9.53 Å². The number of rotatable bonds is 6. The van der Waals surface area contributed by atoms with E-state index in [2.05, 4.69) is 22.2 Å². The molecule has 18 heavy (non-hydrogen) atoms. The number of hydrogen-bond donors (Lipinski definition) is 1. The third kappa shape index (κ3) is 9.39. The highest BCUT2D eigenvalue weighted by Crippen LogP contribution is 1.97. The van der Waals surface area contributed by atoms with Crippen LogP contribution in [0, 0.1) is 0 Å². The number of hydrogen-bond acceptors (Lipinski definition) is 4. The molecule has 0 spiro atoms. The van der Waals surface area contributed by atoms with E-state index >= 15 is 0 Å². The molecule has 1 aliphatic heterocycles. The molecule has 0 atom stereocenters. The molecule has 0 bridgehead atoms. The van der Waals surface area contributed by atoms with Crippen molar-refractivity contribution in [3.63, 3.8) is 0 Å². The van der Waals surface area contributed by atoms with Crippen molar-refractivity contribution in [2.45, 2.75) is 20.8 Å². The summed E-state index contributed by atoms with van der Waals surface area (Å²) in [6, 6.07) is 0. The molecule has 5 nitrogen and oxygen atoms in total. The summed E-state index contributed by atoms with van der Waals surface area (Å²) < 4.78 is 5.44. The number of ether oxygens (including phenoxy) is 1. The van der Waals surface area contributed by atoms with E-state index in [1.807, 2.05) is 13.8 Å². The van der Waals surface area contributed by atoms with E-state index in [0.29, 0.717) is 13.2 Å². The number of nitrogens with one attached hydrogen (secondary N) is 1. The van der Waals surface area contributed by atoms with Crippen LogP contribution in [0.2, 0.25) is 0 Å². The highest BCUT2D eigenvalue weighted by molar-refractivity contribution is 5.72. The van der Waals surface area contributed by atoms with Gasteiger partial charge in [-0.1, -0.05) is 13.8 Å². The number of nitrogens with zero attached hydrogens (tertiary/aromatic N) is 2. The standard InChI is InChI=1S/C11H23N3O2.C2H6/c1-11(15)12-3-9-16-10-8-14-6-4-13(2)5-7-14;1-2/h3-10H2,1-2H3,(H,12,15);1-2H3. The van der Waals surface area contributed by atoms with Crippen LogP contribution < -0.4 is 5.32 Å². The summed E-state index contributed by atoms with van der Waals surface area (Å²) in [6.07, 6.45) is 0. The van der Waals surface area contributed by atoms with Gasteiger partial charge in [0, 0.05) is 46.2 Å². The van der Waals surface area contributed by atoms with Gasteiger partial charge in [0.25, 0.3) is 0 Å². The molecular formula is C13H29N3O2. The van der Waals surface area contributed by atoms with E-state index in [4.69, 9.17) is 4.74 Å². The lowest BCUT2D eigenvalue weighted by Gasteiger charge is -2.32. The summed E-state index contributed by atoms with van der Waals surface area (Å²) in [6.45, 7) is 13.0. The predicted octanol–water partition coefficient (Wildman–Crippen LogP) is 0.413. The third-order valence-corrected chi connectivity index (χ3v) is 2.77. The van der Waals surface area contributed by atoms with Crippen LogP contribution in [0.15, 0.2) is 0 Å². The lowest BCUT2D eigenvalue weighted by molar-refractivity contribution is -0.119. The van der Waals surface area contributed by atoms with Gasteiger partial charge in [-0.15, -0.1) is 0 Å². The molecule has 1 aliphatic rings. The molecule has 1 amide bonds. The van der Waals surface area contributed by atoms with Crippen molar-refractivity contribution in [3.05, 3.63) is 0 Å². The normalized spacial score (nSPS) is 16.9. The second-order valence-electron chi connectivity index (χ2n) is 4.24. The molecule has 1 N–H and O–H groups in total. The minimum Gasteiger partial charge on any atom is -0.378 e. The predicted molar refractivity (Wildman–Crippen MR) is 74.8 cm³/mol. The molecule has 0 unspecified atom stereocenters. The Kier molecular flexibility index (Phi) is 11.0. The molecule has 1 rings (SSSR count). The summed E-state index contributed by atoms with van der Waals surface area (Å²) in [5.74, 6) is 0.00247. The second-order valence-corrected chi connectivity index (χ2v) is 4.24. The molecule has 0 saturated carbocycles. The molecule has 1 saturated heterocycles. The SMILES string of the molecule is CC.CC(=O)NCCOCCN1CCN(C)CC1. The molecule has 1 heterocycles. The first-order chi connectivity index (χ1) is 8.68. The molecule has 0 aromatic heterocycles. The number of piperazine rings is 1. The molecule has 5 heteroatoms. The van der Waals surface area contributed by atoms with Crippen LogP contribution in [0.4, 0.5) is 0 Å². The number of carbonyl (C=O) groups excluding carboxylic acids is 1. The summed E-state index contributed by atoms with van der Waals surface area (Å²) >= 11 is 0. The Morgan fingerprint density at radius 1 is 1.17 bits per heavy atom. The molecule has 0 aromatic carbocycles. The number of likely N-dealkylation sites (N-methyl/N-ethyl adjacent to an activating group) is 1. The number of amides is 1. The Morgan fingerprint density at radius 2 is 1.78 bits per heavy atom. The van der Waals surface area contributed by atoms with Crippen molar-refractivity contribution >= 4 is 5.91 Å². The van der Waals surface area contributed by atoms with Crippen LogP contribution >= 0.6 is 0 Å². The fraction of sp³-hybridized carbons (Fsp3) is 0.923. The molecule has 0 radical (unpaired) electrons. The topological polar surface area (TPSA) is 44.8 Å². The highest BCUT2D eigenvalue weighted by Gasteiger charge is 2.12. The summed E-state index contributed by atoms with van der Waals surface area (Å²) in [5, 5.41) is 2.71. The van der Waals surface area contributed by atoms with Crippen molar-refractivity contribution in [3.8, 4) is 0 Å². The summed E-state index contributed by atoms with van der Waals surface area (Å²) in [7, 11) is 2.15. The maximum Gasteiger partial charge on any atom is 0.216 e. The van der Waals surface area contributed by atoms with E-state index in [1.165, 1.54) is 6.92 Å². The zero-order valence-electron chi connectivity index (χ0n) is 12.4. The van der Waals surface area contributed by atoms with Crippen molar-refractivity contribution in [1.29, 1.82) is 0 Å². The lowest BCUT2D eigenvalue weighted by Crippen LogP contribution is -2.45. The Morgan fingerprint density at radius 3 is 2.33 bits per heavy atom. The second kappa shape index (κ2) is 11.4. The Hall–Kier alpha value is -0.650. The molecular weight excluding hydrogens is 230 g/mol. The molecule has 108 valence electrons. The average molecular weight is 259 g/mol. The largest absolute Gasteiger partial charge is 0.378 e. The van der Waals surface area contributed by atoms with Crippen LogP contribution in [0.3, 0.4) is 0 Å². The first kappa shape index (κ1) is 17.4. The highest BCUT2D eigenvalue weighted by atomic mass is 16.5. The van der Waals surface area contributed by atoms with E-state index in [9.17, 15) is 4.79 Å². The first-order valence-electron chi connectivity index (χ1n) is 6.91. The monoisotopic (exact) mass is 259 g/mol. The van der Waals surface area contributed by atoms with Crippen LogP contribution in [-0.4, -0.2) is 75.2 Å². The molecule has 0 aromatic rings. The van der Waals surface area contributed by atoms with Gasteiger partial charge < -0.3 is 15.0 Å². The molecule has 1 fully saturated rings. The van der Waals surface area contributed by atoms with E-state index in [-0.39, 0.29) is 5.91 Å². The summed E-state index contributed by atoms with van der Waals surface area (Å²) in [4.78, 5) is 15.3.